The van der Waals surface area contributed by atoms with Crippen LogP contribution in [0, 0.1) is 0 Å². The fourth-order valence-electron chi connectivity index (χ4n) is 8.73. The van der Waals surface area contributed by atoms with Gasteiger partial charge in [-0.2, -0.15) is 0 Å². The van der Waals surface area contributed by atoms with Crippen LogP contribution in [-0.4, -0.2) is 18.9 Å². The highest BCUT2D eigenvalue weighted by molar-refractivity contribution is 6.13. The maximum absolute atomic E-state index is 6.68. The zero-order valence-electron chi connectivity index (χ0n) is 29.2. The molecule has 0 atom stereocenters. The van der Waals surface area contributed by atoms with E-state index in [-0.39, 0.29) is 5.41 Å². The lowest BCUT2D eigenvalue weighted by molar-refractivity contribution is 0.483. The quantitative estimate of drug-likeness (QED) is 0.173. The van der Waals surface area contributed by atoms with Crippen LogP contribution in [0.4, 0.5) is 17.1 Å². The number of aromatic nitrogens is 4. The first-order valence-corrected chi connectivity index (χ1v) is 18.0. The predicted molar refractivity (Wildman–Crippen MR) is 216 cm³/mol. The number of hydrogen-bond acceptors (Lipinski definition) is 4. The molecule has 252 valence electrons. The summed E-state index contributed by atoms with van der Waals surface area (Å²) in [6, 6.07) is 51.4. The lowest BCUT2D eigenvalue weighted by Crippen LogP contribution is -2.31. The molecule has 0 bridgehead atoms. The lowest BCUT2D eigenvalue weighted by atomic mass is 9.72. The second-order valence-corrected chi connectivity index (χ2v) is 14.3. The van der Waals surface area contributed by atoms with Gasteiger partial charge >= 0.3 is 0 Å². The van der Waals surface area contributed by atoms with E-state index in [1.54, 1.807) is 0 Å². The first-order valence-electron chi connectivity index (χ1n) is 18.0. The van der Waals surface area contributed by atoms with Gasteiger partial charge in [0, 0.05) is 62.9 Å². The van der Waals surface area contributed by atoms with Crippen molar-refractivity contribution < 1.29 is 4.74 Å². The van der Waals surface area contributed by atoms with Crippen LogP contribution >= 0.6 is 0 Å². The van der Waals surface area contributed by atoms with E-state index in [1.807, 2.05) is 30.7 Å². The third-order valence-corrected chi connectivity index (χ3v) is 11.0. The zero-order valence-corrected chi connectivity index (χ0v) is 29.2. The molecule has 11 rings (SSSR count). The van der Waals surface area contributed by atoms with Gasteiger partial charge in [-0.1, -0.05) is 80.6 Å². The summed E-state index contributed by atoms with van der Waals surface area (Å²) in [6.45, 7) is 4.70. The Morgan fingerprint density at radius 2 is 1.28 bits per heavy atom. The Labute approximate surface area is 305 Å². The Balaban J connectivity index is 1.11. The van der Waals surface area contributed by atoms with Crippen molar-refractivity contribution in [1.29, 1.82) is 0 Å². The van der Waals surface area contributed by atoms with Gasteiger partial charge in [0.25, 0.3) is 0 Å². The van der Waals surface area contributed by atoms with E-state index in [9.17, 15) is 0 Å². The number of pyridine rings is 2. The summed E-state index contributed by atoms with van der Waals surface area (Å²) in [5.41, 5.74) is 10.8. The minimum atomic E-state index is -0.315. The normalized spacial score (nSPS) is 13.6. The highest BCUT2D eigenvalue weighted by Crippen LogP contribution is 2.55. The van der Waals surface area contributed by atoms with Crippen molar-refractivity contribution in [2.45, 2.75) is 19.3 Å². The fraction of sp³-hybridized carbons (Fsp3) is 0.0638. The minimum absolute atomic E-state index is 0.315. The van der Waals surface area contributed by atoms with Crippen LogP contribution in [0.2, 0.25) is 0 Å². The van der Waals surface area contributed by atoms with E-state index in [0.717, 1.165) is 67.0 Å². The molecule has 0 saturated heterocycles. The Morgan fingerprint density at radius 1 is 0.528 bits per heavy atom. The highest BCUT2D eigenvalue weighted by Gasteiger charge is 2.39. The second-order valence-electron chi connectivity index (χ2n) is 14.3. The Bertz CT molecular complexity index is 3080. The molecule has 10 aromatic rings. The van der Waals surface area contributed by atoms with E-state index in [2.05, 4.69) is 161 Å². The first kappa shape index (κ1) is 29.8. The molecule has 0 fully saturated rings. The molecule has 6 aromatic carbocycles. The molecule has 6 heteroatoms. The summed E-state index contributed by atoms with van der Waals surface area (Å²) >= 11 is 0. The predicted octanol–water partition coefficient (Wildman–Crippen LogP) is 12.0. The summed E-state index contributed by atoms with van der Waals surface area (Å²) in [7, 11) is 0. The number of rotatable bonds is 4. The van der Waals surface area contributed by atoms with Crippen LogP contribution in [0.25, 0.3) is 54.9 Å². The molecule has 1 aliphatic rings. The van der Waals surface area contributed by atoms with Crippen molar-refractivity contribution in [3.05, 3.63) is 175 Å². The molecule has 0 unspecified atom stereocenters. The van der Waals surface area contributed by atoms with E-state index in [1.165, 1.54) is 27.6 Å². The number of nitrogens with zero attached hydrogens (tertiary/aromatic N) is 5. The molecular formula is C47H33N5O. The highest BCUT2D eigenvalue weighted by atomic mass is 16.5. The summed E-state index contributed by atoms with van der Waals surface area (Å²) in [4.78, 5) is 12.1. The molecular weight excluding hydrogens is 651 g/mol. The zero-order chi connectivity index (χ0) is 35.3. The van der Waals surface area contributed by atoms with Gasteiger partial charge in [0.15, 0.2) is 0 Å². The van der Waals surface area contributed by atoms with Gasteiger partial charge in [-0.25, -0.2) is 9.97 Å². The van der Waals surface area contributed by atoms with Crippen LogP contribution in [0.15, 0.2) is 164 Å². The molecule has 5 heterocycles. The molecule has 0 aliphatic carbocycles. The monoisotopic (exact) mass is 683 g/mol. The Morgan fingerprint density at radius 3 is 2.21 bits per heavy atom. The minimum Gasteiger partial charge on any atom is -0.457 e. The average Bonchev–Trinajstić information content (AvgIpc) is 3.83. The van der Waals surface area contributed by atoms with Crippen molar-refractivity contribution in [2.24, 2.45) is 0 Å². The number of hydrogen-bond donors (Lipinski definition) is 0. The number of para-hydroxylation sites is 3. The van der Waals surface area contributed by atoms with Gasteiger partial charge in [-0.15, -0.1) is 0 Å². The van der Waals surface area contributed by atoms with Crippen molar-refractivity contribution in [3.8, 4) is 17.2 Å². The molecule has 4 aromatic heterocycles. The van der Waals surface area contributed by atoms with Gasteiger partial charge < -0.3 is 9.64 Å². The third-order valence-electron chi connectivity index (χ3n) is 11.0. The van der Waals surface area contributed by atoms with Gasteiger partial charge in [-0.3, -0.25) is 8.97 Å². The molecule has 53 heavy (non-hydrogen) atoms. The molecule has 0 radical (unpaired) electrons. The summed E-state index contributed by atoms with van der Waals surface area (Å²) < 4.78 is 11.2. The van der Waals surface area contributed by atoms with E-state index in [4.69, 9.17) is 14.7 Å². The van der Waals surface area contributed by atoms with Crippen molar-refractivity contribution in [3.63, 3.8) is 0 Å². The second kappa shape index (κ2) is 11.0. The van der Waals surface area contributed by atoms with Gasteiger partial charge in [-0.05, 0) is 83.7 Å². The molecule has 0 saturated carbocycles. The first-order chi connectivity index (χ1) is 26.1. The van der Waals surface area contributed by atoms with Crippen LogP contribution < -0.4 is 9.64 Å². The molecule has 0 spiro atoms. The number of anilines is 3. The molecule has 0 amide bonds. The van der Waals surface area contributed by atoms with Crippen LogP contribution in [-0.2, 0) is 5.41 Å². The van der Waals surface area contributed by atoms with Gasteiger partial charge in [0.1, 0.15) is 22.8 Å². The number of benzene rings is 6. The lowest BCUT2D eigenvalue weighted by Gasteiger charge is -2.42. The van der Waals surface area contributed by atoms with Crippen molar-refractivity contribution in [2.75, 3.05) is 4.90 Å². The van der Waals surface area contributed by atoms with E-state index in [0.29, 0.717) is 0 Å². The van der Waals surface area contributed by atoms with Crippen LogP contribution in [0.3, 0.4) is 0 Å². The summed E-state index contributed by atoms with van der Waals surface area (Å²) in [6.07, 6.45) is 5.76. The van der Waals surface area contributed by atoms with Gasteiger partial charge in [0.05, 0.1) is 28.1 Å². The summed E-state index contributed by atoms with van der Waals surface area (Å²) in [5.74, 6) is 1.50. The number of imidazole rings is 1. The average molecular weight is 684 g/mol. The maximum atomic E-state index is 6.68. The van der Waals surface area contributed by atoms with Crippen LogP contribution in [0.5, 0.6) is 11.5 Å². The SMILES string of the molecule is CC1(C)c2ccccc2N(c2ccccc2)c2ccc3c4cccnc4n(-c4cccc(Oc5ccc6c7ccccc7n7ccnc7c6c5)c4)c3c21. The maximum Gasteiger partial charge on any atom is 0.145 e. The van der Waals surface area contributed by atoms with E-state index < -0.39 is 0 Å². The van der Waals surface area contributed by atoms with Gasteiger partial charge in [0.2, 0.25) is 0 Å². The van der Waals surface area contributed by atoms with E-state index >= 15 is 0 Å². The molecule has 0 N–H and O–H groups in total. The molecule has 6 nitrogen and oxygen atoms in total. The largest absolute Gasteiger partial charge is 0.457 e. The smallest absolute Gasteiger partial charge is 0.145 e. The van der Waals surface area contributed by atoms with Crippen molar-refractivity contribution >= 4 is 66.3 Å². The molecule has 1 aliphatic heterocycles. The Kier molecular flexibility index (Phi) is 6.20. The third kappa shape index (κ3) is 4.26. The number of ether oxygens (including phenoxy) is 1. The summed E-state index contributed by atoms with van der Waals surface area (Å²) in [5, 5.41) is 5.66. The van der Waals surface area contributed by atoms with Crippen LogP contribution in [0.1, 0.15) is 25.0 Å². The number of fused-ring (bicyclic) bond motifs is 12. The standard InChI is InChI=1S/C47H33N5O/c1-47(2)39-18-7-9-20-41(39)51(30-12-4-3-5-13-30)42-24-23-36-37-17-11-25-48-46(37)52(44(36)43(42)47)31-14-10-15-32(28-31)53-33-21-22-34-35-16-6-8-19-40(35)50-27-26-49-45(50)38(34)29-33/h3-29H,1-2H3. The topological polar surface area (TPSA) is 47.6 Å². The fourth-order valence-corrected chi connectivity index (χ4v) is 8.73. The van der Waals surface area contributed by atoms with Crippen molar-refractivity contribution in [1.82, 2.24) is 18.9 Å². The Hall–Kier alpha value is -6.92.